The van der Waals surface area contributed by atoms with Gasteiger partial charge in [0.1, 0.15) is 5.82 Å². The van der Waals surface area contributed by atoms with Crippen LogP contribution >= 0.6 is 0 Å². The molecule has 2 aromatic carbocycles. The number of halogens is 1. The van der Waals surface area contributed by atoms with Crippen LogP contribution in [0.15, 0.2) is 54.7 Å². The highest BCUT2D eigenvalue weighted by Crippen LogP contribution is 2.14. The molecular weight excluding hydrogens is 305 g/mol. The Hall–Kier alpha value is -3.02. The van der Waals surface area contributed by atoms with Crippen molar-refractivity contribution in [3.63, 3.8) is 0 Å². The van der Waals surface area contributed by atoms with Crippen LogP contribution in [0.2, 0.25) is 0 Å². The molecular formula is C18H18FN5. The van der Waals surface area contributed by atoms with E-state index in [1.54, 1.807) is 18.3 Å². The average Bonchev–Trinajstić information content (AvgIpc) is 2.59. The Morgan fingerprint density at radius 2 is 1.83 bits per heavy atom. The number of aromatic nitrogens is 3. The molecule has 1 heterocycles. The number of aryl methyl sites for hydroxylation is 1. The summed E-state index contributed by atoms with van der Waals surface area (Å²) in [6, 6.07) is 14.7. The smallest absolute Gasteiger partial charge is 0.249 e. The topological polar surface area (TPSA) is 62.7 Å². The number of benzene rings is 2. The van der Waals surface area contributed by atoms with Crippen molar-refractivity contribution in [3.05, 3.63) is 71.7 Å². The minimum absolute atomic E-state index is 0.193. The van der Waals surface area contributed by atoms with Crippen LogP contribution in [0.3, 0.4) is 0 Å². The van der Waals surface area contributed by atoms with Gasteiger partial charge < -0.3 is 10.6 Å². The molecule has 0 saturated carbocycles. The summed E-state index contributed by atoms with van der Waals surface area (Å²) >= 11 is 0. The van der Waals surface area contributed by atoms with Crippen molar-refractivity contribution < 1.29 is 4.39 Å². The molecule has 24 heavy (non-hydrogen) atoms. The summed E-state index contributed by atoms with van der Waals surface area (Å²) in [5, 5.41) is 14.1. The van der Waals surface area contributed by atoms with E-state index in [-0.39, 0.29) is 5.82 Å². The zero-order chi connectivity index (χ0) is 16.8. The first-order chi connectivity index (χ1) is 11.7. The summed E-state index contributed by atoms with van der Waals surface area (Å²) in [5.74, 6) is 0.813. The minimum atomic E-state index is -0.193. The zero-order valence-electron chi connectivity index (χ0n) is 13.3. The SMILES string of the molecule is Cc1ccc(Nc2nncc(NCCc3ccccc3F)n2)cc1. The van der Waals surface area contributed by atoms with Gasteiger partial charge in [0, 0.05) is 12.2 Å². The number of nitrogens with one attached hydrogen (secondary N) is 2. The molecule has 6 heteroatoms. The van der Waals surface area contributed by atoms with Gasteiger partial charge in [-0.25, -0.2) is 4.39 Å². The quantitative estimate of drug-likeness (QED) is 0.724. The van der Waals surface area contributed by atoms with E-state index in [0.717, 1.165) is 5.69 Å². The Labute approximate surface area is 140 Å². The van der Waals surface area contributed by atoms with E-state index in [2.05, 4.69) is 25.8 Å². The number of rotatable bonds is 6. The molecule has 3 aromatic rings. The molecule has 0 saturated heterocycles. The van der Waals surface area contributed by atoms with Crippen LogP contribution in [0.5, 0.6) is 0 Å². The molecule has 0 bridgehead atoms. The second-order valence-electron chi connectivity index (χ2n) is 5.42. The third-order valence-corrected chi connectivity index (χ3v) is 3.52. The number of nitrogens with zero attached hydrogens (tertiary/aromatic N) is 3. The van der Waals surface area contributed by atoms with E-state index < -0.39 is 0 Å². The van der Waals surface area contributed by atoms with Crippen LogP contribution in [0.25, 0.3) is 0 Å². The maximum Gasteiger partial charge on any atom is 0.249 e. The van der Waals surface area contributed by atoms with Crippen molar-refractivity contribution in [1.82, 2.24) is 15.2 Å². The van der Waals surface area contributed by atoms with Crippen molar-refractivity contribution in [2.75, 3.05) is 17.2 Å². The Kier molecular flexibility index (Phi) is 4.96. The van der Waals surface area contributed by atoms with Crippen molar-refractivity contribution in [2.24, 2.45) is 0 Å². The monoisotopic (exact) mass is 323 g/mol. The first-order valence-corrected chi connectivity index (χ1v) is 7.71. The lowest BCUT2D eigenvalue weighted by atomic mass is 10.1. The van der Waals surface area contributed by atoms with Gasteiger partial charge in [-0.2, -0.15) is 10.1 Å². The van der Waals surface area contributed by atoms with Crippen LogP contribution in [-0.4, -0.2) is 21.7 Å². The van der Waals surface area contributed by atoms with Crippen LogP contribution in [0, 0.1) is 12.7 Å². The molecule has 1 aromatic heterocycles. The van der Waals surface area contributed by atoms with Crippen LogP contribution < -0.4 is 10.6 Å². The molecule has 0 fully saturated rings. The molecule has 0 aliphatic carbocycles. The van der Waals surface area contributed by atoms with Crippen molar-refractivity contribution in [3.8, 4) is 0 Å². The third kappa shape index (κ3) is 4.25. The molecule has 0 unspecified atom stereocenters. The predicted molar refractivity (Wildman–Crippen MR) is 92.9 cm³/mol. The maximum atomic E-state index is 13.6. The van der Waals surface area contributed by atoms with Crippen LogP contribution in [0.1, 0.15) is 11.1 Å². The predicted octanol–water partition coefficient (Wildman–Crippen LogP) is 3.72. The number of hydrogen-bond donors (Lipinski definition) is 2. The molecule has 0 aliphatic heterocycles. The molecule has 3 rings (SSSR count). The fraction of sp³-hybridized carbons (Fsp3) is 0.167. The van der Waals surface area contributed by atoms with Gasteiger partial charge in [-0.3, -0.25) is 0 Å². The minimum Gasteiger partial charge on any atom is -0.368 e. The average molecular weight is 323 g/mol. The number of anilines is 3. The van der Waals surface area contributed by atoms with Gasteiger partial charge in [0.2, 0.25) is 5.95 Å². The first kappa shape index (κ1) is 15.9. The van der Waals surface area contributed by atoms with Crippen molar-refractivity contribution in [1.29, 1.82) is 0 Å². The van der Waals surface area contributed by atoms with E-state index in [0.29, 0.717) is 30.3 Å². The molecule has 0 aliphatic rings. The van der Waals surface area contributed by atoms with E-state index in [9.17, 15) is 4.39 Å². The highest BCUT2D eigenvalue weighted by molar-refractivity contribution is 5.54. The lowest BCUT2D eigenvalue weighted by Crippen LogP contribution is -2.09. The zero-order valence-corrected chi connectivity index (χ0v) is 13.3. The Balaban J connectivity index is 1.59. The molecule has 0 amide bonds. The standard InChI is InChI=1S/C18H18FN5/c1-13-6-8-15(9-7-13)22-18-23-17(12-21-24-18)20-11-10-14-4-2-3-5-16(14)19/h2-9,12H,10-11H2,1H3,(H2,20,22,23,24). The Morgan fingerprint density at radius 1 is 1.04 bits per heavy atom. The van der Waals surface area contributed by atoms with Crippen LogP contribution in [0.4, 0.5) is 21.8 Å². The second-order valence-corrected chi connectivity index (χ2v) is 5.42. The van der Waals surface area contributed by atoms with E-state index >= 15 is 0 Å². The van der Waals surface area contributed by atoms with Gasteiger partial charge in [0.05, 0.1) is 6.20 Å². The summed E-state index contributed by atoms with van der Waals surface area (Å²) in [5.41, 5.74) is 2.75. The highest BCUT2D eigenvalue weighted by atomic mass is 19.1. The third-order valence-electron chi connectivity index (χ3n) is 3.52. The fourth-order valence-electron chi connectivity index (χ4n) is 2.23. The molecule has 2 N–H and O–H groups in total. The first-order valence-electron chi connectivity index (χ1n) is 7.71. The number of hydrogen-bond acceptors (Lipinski definition) is 5. The van der Waals surface area contributed by atoms with Gasteiger partial charge >= 0.3 is 0 Å². The molecule has 122 valence electrons. The van der Waals surface area contributed by atoms with E-state index in [4.69, 9.17) is 0 Å². The lowest BCUT2D eigenvalue weighted by molar-refractivity contribution is 0.610. The molecule has 5 nitrogen and oxygen atoms in total. The maximum absolute atomic E-state index is 13.6. The summed E-state index contributed by atoms with van der Waals surface area (Å²) in [7, 11) is 0. The summed E-state index contributed by atoms with van der Waals surface area (Å²) in [4.78, 5) is 4.35. The summed E-state index contributed by atoms with van der Waals surface area (Å²) in [6.45, 7) is 2.59. The van der Waals surface area contributed by atoms with Crippen LogP contribution in [-0.2, 0) is 6.42 Å². The Bertz CT molecular complexity index is 805. The van der Waals surface area contributed by atoms with Gasteiger partial charge in [0.15, 0.2) is 5.82 Å². The molecule has 0 spiro atoms. The van der Waals surface area contributed by atoms with E-state index in [1.807, 2.05) is 37.3 Å². The molecule has 0 radical (unpaired) electrons. The van der Waals surface area contributed by atoms with Gasteiger partial charge in [0.25, 0.3) is 0 Å². The fourth-order valence-corrected chi connectivity index (χ4v) is 2.23. The summed E-state index contributed by atoms with van der Waals surface area (Å²) < 4.78 is 13.6. The normalized spacial score (nSPS) is 10.4. The van der Waals surface area contributed by atoms with Crippen molar-refractivity contribution in [2.45, 2.75) is 13.3 Å². The van der Waals surface area contributed by atoms with Gasteiger partial charge in [-0.15, -0.1) is 5.10 Å². The van der Waals surface area contributed by atoms with Gasteiger partial charge in [-0.1, -0.05) is 35.9 Å². The summed E-state index contributed by atoms with van der Waals surface area (Å²) in [6.07, 6.45) is 2.11. The highest BCUT2D eigenvalue weighted by Gasteiger charge is 2.03. The van der Waals surface area contributed by atoms with Crippen molar-refractivity contribution >= 4 is 17.5 Å². The van der Waals surface area contributed by atoms with Gasteiger partial charge in [-0.05, 0) is 37.1 Å². The largest absolute Gasteiger partial charge is 0.368 e. The molecule has 0 atom stereocenters. The Morgan fingerprint density at radius 3 is 2.62 bits per heavy atom. The second kappa shape index (κ2) is 7.50. The lowest BCUT2D eigenvalue weighted by Gasteiger charge is -2.08. The van der Waals surface area contributed by atoms with E-state index in [1.165, 1.54) is 11.6 Å².